The third-order valence-corrected chi connectivity index (χ3v) is 8.18. The first-order valence-corrected chi connectivity index (χ1v) is 12.6. The first kappa shape index (κ1) is 21.1. The molecule has 1 aliphatic heterocycles. The van der Waals surface area contributed by atoms with Crippen molar-refractivity contribution in [1.82, 2.24) is 14.8 Å². The number of methoxy groups -OCH3 is 1. The van der Waals surface area contributed by atoms with Crippen LogP contribution in [0.4, 0.5) is 4.79 Å². The van der Waals surface area contributed by atoms with Crippen LogP contribution in [-0.2, 0) is 25.9 Å². The number of thiophene rings is 1. The molecule has 6 rings (SSSR count). The van der Waals surface area contributed by atoms with Gasteiger partial charge in [0.2, 0.25) is 0 Å². The van der Waals surface area contributed by atoms with Gasteiger partial charge in [0.05, 0.1) is 38.2 Å². The molecule has 0 bridgehead atoms. The van der Waals surface area contributed by atoms with Crippen LogP contribution in [0.3, 0.4) is 0 Å². The number of aryl methyl sites for hydroxylation is 1. The normalized spacial score (nSPS) is 16.9. The molecule has 2 amide bonds. The Morgan fingerprint density at radius 3 is 2.91 bits per heavy atom. The lowest BCUT2D eigenvalue weighted by Gasteiger charge is -2.31. The van der Waals surface area contributed by atoms with Gasteiger partial charge in [0.15, 0.2) is 0 Å². The fourth-order valence-corrected chi connectivity index (χ4v) is 6.63. The Morgan fingerprint density at radius 2 is 2.06 bits per heavy atom. The molecule has 0 saturated heterocycles. The molecule has 0 spiro atoms. The topological polar surface area (TPSA) is 59.6 Å². The van der Waals surface area contributed by atoms with Crippen molar-refractivity contribution in [2.45, 2.75) is 44.8 Å². The van der Waals surface area contributed by atoms with Gasteiger partial charge in [-0.1, -0.05) is 12.1 Å². The van der Waals surface area contributed by atoms with Crippen molar-refractivity contribution < 1.29 is 13.9 Å². The molecule has 3 aromatic heterocycles. The minimum atomic E-state index is -0.249. The van der Waals surface area contributed by atoms with Crippen LogP contribution in [0.5, 0.6) is 5.75 Å². The van der Waals surface area contributed by atoms with E-state index in [2.05, 4.69) is 34.3 Å². The number of nitrogens with one attached hydrogen (secondary N) is 1. The van der Waals surface area contributed by atoms with E-state index in [1.54, 1.807) is 13.4 Å². The number of urea groups is 1. The van der Waals surface area contributed by atoms with Gasteiger partial charge in [-0.05, 0) is 73.2 Å². The highest BCUT2D eigenvalue weighted by Crippen LogP contribution is 2.44. The van der Waals surface area contributed by atoms with Gasteiger partial charge < -0.3 is 23.9 Å². The molecular weight excluding hydrogens is 446 g/mol. The van der Waals surface area contributed by atoms with E-state index in [0.717, 1.165) is 35.6 Å². The highest BCUT2D eigenvalue weighted by molar-refractivity contribution is 7.15. The number of hydrogen-bond donors (Lipinski definition) is 1. The number of hydrogen-bond acceptors (Lipinski definition) is 4. The predicted octanol–water partition coefficient (Wildman–Crippen LogP) is 5.83. The number of nitrogens with zero attached hydrogens (tertiary/aromatic N) is 2. The van der Waals surface area contributed by atoms with Crippen molar-refractivity contribution in [3.05, 3.63) is 94.0 Å². The summed E-state index contributed by atoms with van der Waals surface area (Å²) < 4.78 is 13.3. The largest absolute Gasteiger partial charge is 0.497 e. The maximum absolute atomic E-state index is 13.8. The van der Waals surface area contributed by atoms with Crippen molar-refractivity contribution in [3.63, 3.8) is 0 Å². The summed E-state index contributed by atoms with van der Waals surface area (Å²) in [4.78, 5) is 17.2. The van der Waals surface area contributed by atoms with E-state index >= 15 is 0 Å². The standard InChI is InChI=1S/C27H27N3O3S/c1-32-19-8-4-7-18(15-19)25-23-11-5-13-29(23)26-22(21-10-2-3-12-24(21)34-26)17-30(25)27(31)28-16-20-9-6-14-33-20/h4-9,11,13-15,25H,2-3,10,12,16-17H2,1H3,(H,28,31)/t25-/m1/s1. The van der Waals surface area contributed by atoms with Crippen LogP contribution in [0, 0.1) is 0 Å². The molecule has 2 aliphatic rings. The molecular formula is C27H27N3O3S. The van der Waals surface area contributed by atoms with Gasteiger partial charge in [-0.3, -0.25) is 0 Å². The van der Waals surface area contributed by atoms with E-state index in [1.165, 1.54) is 33.8 Å². The third kappa shape index (κ3) is 3.60. The lowest BCUT2D eigenvalue weighted by molar-refractivity contribution is 0.179. The Hall–Kier alpha value is -3.45. The molecule has 1 aliphatic carbocycles. The van der Waals surface area contributed by atoms with E-state index in [1.807, 2.05) is 46.6 Å². The smallest absolute Gasteiger partial charge is 0.318 e. The van der Waals surface area contributed by atoms with Crippen LogP contribution >= 0.6 is 11.3 Å². The summed E-state index contributed by atoms with van der Waals surface area (Å²) in [5.41, 5.74) is 4.84. The Kier molecular flexibility index (Phi) is 5.41. The van der Waals surface area contributed by atoms with Crippen molar-refractivity contribution in [3.8, 4) is 10.8 Å². The molecule has 1 atom stereocenters. The van der Waals surface area contributed by atoms with Gasteiger partial charge in [0, 0.05) is 16.6 Å². The molecule has 174 valence electrons. The molecule has 34 heavy (non-hydrogen) atoms. The number of furan rings is 1. The van der Waals surface area contributed by atoms with Crippen LogP contribution in [0.2, 0.25) is 0 Å². The number of amides is 2. The summed E-state index contributed by atoms with van der Waals surface area (Å²) in [5.74, 6) is 1.51. The molecule has 0 unspecified atom stereocenters. The summed E-state index contributed by atoms with van der Waals surface area (Å²) in [6.07, 6.45) is 8.43. The average Bonchev–Trinajstić information content (AvgIpc) is 3.62. The summed E-state index contributed by atoms with van der Waals surface area (Å²) >= 11 is 1.89. The lowest BCUT2D eigenvalue weighted by atomic mass is 9.95. The summed E-state index contributed by atoms with van der Waals surface area (Å²) in [6, 6.07) is 15.6. The lowest BCUT2D eigenvalue weighted by Crippen LogP contribution is -2.41. The van der Waals surface area contributed by atoms with E-state index in [4.69, 9.17) is 9.15 Å². The molecule has 7 heteroatoms. The fourth-order valence-electron chi connectivity index (χ4n) is 5.23. The first-order valence-electron chi connectivity index (χ1n) is 11.7. The number of aromatic nitrogens is 1. The van der Waals surface area contributed by atoms with Crippen molar-refractivity contribution in [2.24, 2.45) is 0 Å². The predicted molar refractivity (Wildman–Crippen MR) is 132 cm³/mol. The van der Waals surface area contributed by atoms with Gasteiger partial charge in [-0.2, -0.15) is 0 Å². The number of rotatable bonds is 4. The van der Waals surface area contributed by atoms with Crippen LogP contribution in [0.25, 0.3) is 5.00 Å². The van der Waals surface area contributed by atoms with Gasteiger partial charge >= 0.3 is 6.03 Å². The average molecular weight is 474 g/mol. The van der Waals surface area contributed by atoms with E-state index in [0.29, 0.717) is 13.1 Å². The Morgan fingerprint density at radius 1 is 1.15 bits per heavy atom. The summed E-state index contributed by atoms with van der Waals surface area (Å²) in [5, 5.41) is 4.34. The minimum Gasteiger partial charge on any atom is -0.497 e. The Bertz CT molecular complexity index is 1320. The highest BCUT2D eigenvalue weighted by atomic mass is 32.1. The fraction of sp³-hybridized carbons (Fsp3) is 0.296. The third-order valence-electron chi connectivity index (χ3n) is 6.84. The number of benzene rings is 1. The molecule has 1 N–H and O–H groups in total. The van der Waals surface area contributed by atoms with Gasteiger partial charge in [0.1, 0.15) is 16.5 Å². The highest BCUT2D eigenvalue weighted by Gasteiger charge is 2.36. The number of carbonyl (C=O) groups excluding carboxylic acids is 1. The van der Waals surface area contributed by atoms with Gasteiger partial charge in [-0.25, -0.2) is 4.79 Å². The van der Waals surface area contributed by atoms with E-state index < -0.39 is 0 Å². The minimum absolute atomic E-state index is 0.111. The van der Waals surface area contributed by atoms with Crippen LogP contribution < -0.4 is 10.1 Å². The molecule has 1 aromatic carbocycles. The Balaban J connectivity index is 1.47. The van der Waals surface area contributed by atoms with E-state index in [9.17, 15) is 4.79 Å². The van der Waals surface area contributed by atoms with Gasteiger partial charge in [0.25, 0.3) is 0 Å². The number of ether oxygens (including phenoxy) is 1. The molecule has 6 nitrogen and oxygen atoms in total. The summed E-state index contributed by atoms with van der Waals surface area (Å²) in [6.45, 7) is 0.914. The van der Waals surface area contributed by atoms with Crippen LogP contribution in [0.1, 0.15) is 51.9 Å². The van der Waals surface area contributed by atoms with Crippen molar-refractivity contribution in [1.29, 1.82) is 0 Å². The molecule has 0 saturated carbocycles. The zero-order valence-electron chi connectivity index (χ0n) is 19.1. The SMILES string of the molecule is COc1cccc([C@@H]2c3cccn3-c3sc4c(c3CN2C(=O)NCc2ccco2)CCCC4)c1. The monoisotopic (exact) mass is 473 g/mol. The maximum atomic E-state index is 13.8. The van der Waals surface area contributed by atoms with E-state index in [-0.39, 0.29) is 12.1 Å². The zero-order chi connectivity index (χ0) is 23.1. The molecule has 0 radical (unpaired) electrons. The second-order valence-electron chi connectivity index (χ2n) is 8.84. The van der Waals surface area contributed by atoms with Crippen molar-refractivity contribution in [2.75, 3.05) is 7.11 Å². The molecule has 4 heterocycles. The molecule has 0 fully saturated rings. The Labute approximate surface area is 202 Å². The van der Waals surface area contributed by atoms with Crippen LogP contribution in [0.15, 0.2) is 65.4 Å². The summed E-state index contributed by atoms with van der Waals surface area (Å²) in [7, 11) is 1.67. The number of fused-ring (bicyclic) bond motifs is 5. The first-order chi connectivity index (χ1) is 16.7. The van der Waals surface area contributed by atoms with Crippen LogP contribution in [-0.4, -0.2) is 22.6 Å². The van der Waals surface area contributed by atoms with Crippen molar-refractivity contribution >= 4 is 17.4 Å². The van der Waals surface area contributed by atoms with Gasteiger partial charge in [-0.15, -0.1) is 11.3 Å². The number of carbonyl (C=O) groups is 1. The quantitative estimate of drug-likeness (QED) is 0.405. The second-order valence-corrected chi connectivity index (χ2v) is 9.93. The second kappa shape index (κ2) is 8.72. The molecule has 4 aromatic rings. The maximum Gasteiger partial charge on any atom is 0.318 e. The zero-order valence-corrected chi connectivity index (χ0v) is 19.9.